The summed E-state index contributed by atoms with van der Waals surface area (Å²) in [6.07, 6.45) is 2.24. The van der Waals surface area contributed by atoms with Crippen molar-refractivity contribution in [3.8, 4) is 5.75 Å². The molecule has 0 amide bonds. The van der Waals surface area contributed by atoms with Crippen molar-refractivity contribution in [2.75, 3.05) is 19.4 Å². The molecule has 0 radical (unpaired) electrons. The van der Waals surface area contributed by atoms with Gasteiger partial charge in [0.05, 0.1) is 7.11 Å². The molecule has 21 heavy (non-hydrogen) atoms. The lowest BCUT2D eigenvalue weighted by molar-refractivity contribution is 0.414. The van der Waals surface area contributed by atoms with Gasteiger partial charge in [0.25, 0.3) is 0 Å². The summed E-state index contributed by atoms with van der Waals surface area (Å²) >= 11 is 1.97. The zero-order valence-electron chi connectivity index (χ0n) is 12.3. The fourth-order valence-corrected chi connectivity index (χ4v) is 3.90. The molecule has 1 atom stereocenters. The zero-order chi connectivity index (χ0) is 14.5. The lowest BCUT2D eigenvalue weighted by Crippen LogP contribution is -2.26. The molecule has 1 N–H and O–H groups in total. The molecule has 0 saturated heterocycles. The van der Waals surface area contributed by atoms with Crippen molar-refractivity contribution in [3.63, 3.8) is 0 Å². The average molecular weight is 299 g/mol. The second-order valence-corrected chi connectivity index (χ2v) is 6.42. The first-order valence-corrected chi connectivity index (χ1v) is 8.43. The van der Waals surface area contributed by atoms with Crippen LogP contribution in [0.15, 0.2) is 53.4 Å². The molecular formula is C18H21NOS. The molecule has 110 valence electrons. The molecule has 0 aliphatic carbocycles. The molecule has 0 bridgehead atoms. The van der Waals surface area contributed by atoms with Crippen LogP contribution in [0.25, 0.3) is 0 Å². The lowest BCUT2D eigenvalue weighted by Gasteiger charge is -2.26. The van der Waals surface area contributed by atoms with Gasteiger partial charge in [-0.05, 0) is 54.5 Å². The molecule has 3 rings (SSSR count). The SMILES string of the molecule is COc1cccc(CCNC2CCSc3ccccc32)c1. The van der Waals surface area contributed by atoms with E-state index >= 15 is 0 Å². The van der Waals surface area contributed by atoms with Crippen LogP contribution in [0.2, 0.25) is 0 Å². The van der Waals surface area contributed by atoms with Gasteiger partial charge < -0.3 is 10.1 Å². The van der Waals surface area contributed by atoms with Crippen LogP contribution in [0.4, 0.5) is 0 Å². The van der Waals surface area contributed by atoms with Gasteiger partial charge in [0.2, 0.25) is 0 Å². The third-order valence-corrected chi connectivity index (χ3v) is 5.02. The lowest BCUT2D eigenvalue weighted by atomic mass is 10.0. The molecule has 1 heterocycles. The second-order valence-electron chi connectivity index (χ2n) is 5.28. The van der Waals surface area contributed by atoms with Crippen LogP contribution in [0.3, 0.4) is 0 Å². The van der Waals surface area contributed by atoms with Crippen LogP contribution < -0.4 is 10.1 Å². The number of rotatable bonds is 5. The van der Waals surface area contributed by atoms with Crippen LogP contribution in [0.1, 0.15) is 23.6 Å². The first-order chi connectivity index (χ1) is 10.4. The topological polar surface area (TPSA) is 21.3 Å². The van der Waals surface area contributed by atoms with Gasteiger partial charge in [-0.2, -0.15) is 0 Å². The molecule has 2 nitrogen and oxygen atoms in total. The van der Waals surface area contributed by atoms with Gasteiger partial charge in [-0.3, -0.25) is 0 Å². The third kappa shape index (κ3) is 3.60. The Labute approximate surface area is 130 Å². The Morgan fingerprint density at radius 3 is 3.00 bits per heavy atom. The summed E-state index contributed by atoms with van der Waals surface area (Å²) in [5, 5.41) is 3.71. The number of benzene rings is 2. The van der Waals surface area contributed by atoms with Gasteiger partial charge in [0.1, 0.15) is 5.75 Å². The van der Waals surface area contributed by atoms with Crippen LogP contribution in [-0.4, -0.2) is 19.4 Å². The highest BCUT2D eigenvalue weighted by atomic mass is 32.2. The molecule has 1 aliphatic rings. The van der Waals surface area contributed by atoms with E-state index < -0.39 is 0 Å². The van der Waals surface area contributed by atoms with Crippen LogP contribution >= 0.6 is 11.8 Å². The standard InChI is InChI=1S/C18H21NOS/c1-20-15-6-4-5-14(13-15)9-11-19-17-10-12-21-18-8-3-2-7-16(17)18/h2-8,13,17,19H,9-12H2,1H3. The number of thioether (sulfide) groups is 1. The smallest absolute Gasteiger partial charge is 0.119 e. The maximum absolute atomic E-state index is 5.27. The molecule has 3 heteroatoms. The molecule has 1 unspecified atom stereocenters. The van der Waals surface area contributed by atoms with Crippen molar-refractivity contribution in [3.05, 3.63) is 59.7 Å². The van der Waals surface area contributed by atoms with Crippen molar-refractivity contribution >= 4 is 11.8 Å². The van der Waals surface area contributed by atoms with Crippen molar-refractivity contribution in [1.82, 2.24) is 5.32 Å². The van der Waals surface area contributed by atoms with E-state index in [4.69, 9.17) is 4.74 Å². The van der Waals surface area contributed by atoms with E-state index in [2.05, 4.69) is 47.8 Å². The third-order valence-electron chi connectivity index (χ3n) is 3.90. The number of ether oxygens (including phenoxy) is 1. The number of nitrogens with one attached hydrogen (secondary N) is 1. The minimum Gasteiger partial charge on any atom is -0.497 e. The fourth-order valence-electron chi connectivity index (χ4n) is 2.77. The first kappa shape index (κ1) is 14.5. The zero-order valence-corrected chi connectivity index (χ0v) is 13.2. The molecule has 1 aliphatic heterocycles. The van der Waals surface area contributed by atoms with Gasteiger partial charge >= 0.3 is 0 Å². The highest BCUT2D eigenvalue weighted by Crippen LogP contribution is 2.35. The van der Waals surface area contributed by atoms with E-state index in [1.54, 1.807) is 7.11 Å². The van der Waals surface area contributed by atoms with E-state index in [0.717, 1.165) is 18.7 Å². The summed E-state index contributed by atoms with van der Waals surface area (Å²) in [5.41, 5.74) is 2.78. The number of hydrogen-bond donors (Lipinski definition) is 1. The summed E-state index contributed by atoms with van der Waals surface area (Å²) in [5.74, 6) is 2.14. The van der Waals surface area contributed by atoms with Gasteiger partial charge in [0.15, 0.2) is 0 Å². The van der Waals surface area contributed by atoms with E-state index in [0.29, 0.717) is 6.04 Å². The Morgan fingerprint density at radius 2 is 2.10 bits per heavy atom. The highest BCUT2D eigenvalue weighted by Gasteiger charge is 2.19. The Hall–Kier alpha value is -1.45. The normalized spacial score (nSPS) is 17.3. The van der Waals surface area contributed by atoms with Crippen molar-refractivity contribution in [2.45, 2.75) is 23.8 Å². The molecule has 0 aromatic heterocycles. The predicted molar refractivity (Wildman–Crippen MR) is 89.2 cm³/mol. The summed E-state index contributed by atoms with van der Waals surface area (Å²) in [6.45, 7) is 0.997. The quantitative estimate of drug-likeness (QED) is 0.899. The monoisotopic (exact) mass is 299 g/mol. The Bertz CT molecular complexity index is 599. The average Bonchev–Trinajstić information content (AvgIpc) is 2.55. The van der Waals surface area contributed by atoms with E-state index in [-0.39, 0.29) is 0 Å². The first-order valence-electron chi connectivity index (χ1n) is 7.45. The predicted octanol–water partition coefficient (Wildman–Crippen LogP) is 4.06. The molecule has 2 aromatic rings. The maximum atomic E-state index is 5.27. The number of methoxy groups -OCH3 is 1. The van der Waals surface area contributed by atoms with Crippen molar-refractivity contribution in [1.29, 1.82) is 0 Å². The summed E-state index contributed by atoms with van der Waals surface area (Å²) < 4.78 is 5.27. The van der Waals surface area contributed by atoms with E-state index in [9.17, 15) is 0 Å². The van der Waals surface area contributed by atoms with Gasteiger partial charge in [-0.15, -0.1) is 11.8 Å². The minimum atomic E-state index is 0.494. The molecule has 0 saturated carbocycles. The van der Waals surface area contributed by atoms with E-state index in [1.807, 2.05) is 17.8 Å². The van der Waals surface area contributed by atoms with Crippen LogP contribution in [-0.2, 0) is 6.42 Å². The summed E-state index contributed by atoms with van der Waals surface area (Å²) in [6, 6.07) is 17.6. The van der Waals surface area contributed by atoms with Crippen LogP contribution in [0.5, 0.6) is 5.75 Å². The number of fused-ring (bicyclic) bond motifs is 1. The molecular weight excluding hydrogens is 278 g/mol. The molecule has 2 aromatic carbocycles. The highest BCUT2D eigenvalue weighted by molar-refractivity contribution is 7.99. The van der Waals surface area contributed by atoms with Gasteiger partial charge in [-0.1, -0.05) is 30.3 Å². The Morgan fingerprint density at radius 1 is 1.19 bits per heavy atom. The van der Waals surface area contributed by atoms with Crippen molar-refractivity contribution < 1.29 is 4.74 Å². The summed E-state index contributed by atoms with van der Waals surface area (Å²) in [4.78, 5) is 1.43. The largest absolute Gasteiger partial charge is 0.497 e. The number of hydrogen-bond acceptors (Lipinski definition) is 3. The van der Waals surface area contributed by atoms with Crippen molar-refractivity contribution in [2.24, 2.45) is 0 Å². The maximum Gasteiger partial charge on any atom is 0.119 e. The fraction of sp³-hybridized carbons (Fsp3) is 0.333. The van der Waals surface area contributed by atoms with E-state index in [1.165, 1.54) is 28.2 Å². The molecule has 0 fully saturated rings. The minimum absolute atomic E-state index is 0.494. The van der Waals surface area contributed by atoms with Gasteiger partial charge in [-0.25, -0.2) is 0 Å². The summed E-state index contributed by atoms with van der Waals surface area (Å²) in [7, 11) is 1.72. The van der Waals surface area contributed by atoms with Gasteiger partial charge in [0, 0.05) is 10.9 Å². The van der Waals surface area contributed by atoms with Crippen LogP contribution in [0, 0.1) is 0 Å². The molecule has 0 spiro atoms. The second kappa shape index (κ2) is 7.01. The Balaban J connectivity index is 1.59. The Kier molecular flexibility index (Phi) is 4.84.